The third-order valence-corrected chi connectivity index (χ3v) is 2.80. The first-order valence-corrected chi connectivity index (χ1v) is 6.18. The molecule has 0 spiro atoms. The second-order valence-electron chi connectivity index (χ2n) is 3.60. The third-order valence-electron chi connectivity index (χ3n) is 2.31. The Morgan fingerprint density at radius 2 is 2.28 bits per heavy atom. The minimum absolute atomic E-state index is 0.130. The summed E-state index contributed by atoms with van der Waals surface area (Å²) >= 11 is 3.38. The first kappa shape index (κ1) is 12.8. The number of aryl methyl sites for hydroxylation is 1. The number of nitrogens with zero attached hydrogens (tertiary/aromatic N) is 2. The molecule has 0 atom stereocenters. The maximum absolute atomic E-state index is 11.4. The topological polar surface area (TPSA) is 65.2 Å². The molecular weight excluding hydrogens is 300 g/mol. The van der Waals surface area contributed by atoms with E-state index in [1.807, 2.05) is 25.1 Å². The Morgan fingerprint density at radius 3 is 2.94 bits per heavy atom. The SMILES string of the molecule is CCOC(=O)c1nc(-c2ccc(Br)cc2C)no1. The van der Waals surface area contributed by atoms with Crippen LogP contribution in [-0.2, 0) is 4.74 Å². The fraction of sp³-hybridized carbons (Fsp3) is 0.250. The molecule has 0 bridgehead atoms. The molecule has 0 amide bonds. The smallest absolute Gasteiger partial charge is 0.397 e. The van der Waals surface area contributed by atoms with Gasteiger partial charge >= 0.3 is 11.9 Å². The number of rotatable bonds is 3. The van der Waals surface area contributed by atoms with Gasteiger partial charge in [-0.3, -0.25) is 0 Å². The van der Waals surface area contributed by atoms with Gasteiger partial charge in [0.25, 0.3) is 0 Å². The number of carbonyl (C=O) groups excluding carboxylic acids is 1. The second-order valence-corrected chi connectivity index (χ2v) is 4.52. The maximum atomic E-state index is 11.4. The molecule has 0 aliphatic rings. The highest BCUT2D eigenvalue weighted by Crippen LogP contribution is 2.23. The van der Waals surface area contributed by atoms with Crippen molar-refractivity contribution in [3.63, 3.8) is 0 Å². The molecule has 94 valence electrons. The molecule has 0 fully saturated rings. The van der Waals surface area contributed by atoms with E-state index in [2.05, 4.69) is 26.1 Å². The van der Waals surface area contributed by atoms with Crippen molar-refractivity contribution in [3.05, 3.63) is 34.1 Å². The van der Waals surface area contributed by atoms with E-state index in [4.69, 9.17) is 9.26 Å². The standard InChI is InChI=1S/C12H11BrN2O3/c1-3-17-12(16)11-14-10(15-18-11)9-5-4-8(13)6-7(9)2/h4-6H,3H2,1-2H3. The van der Waals surface area contributed by atoms with Crippen LogP contribution in [-0.4, -0.2) is 22.7 Å². The van der Waals surface area contributed by atoms with Crippen molar-refractivity contribution in [2.45, 2.75) is 13.8 Å². The van der Waals surface area contributed by atoms with Gasteiger partial charge in [0.15, 0.2) is 0 Å². The monoisotopic (exact) mass is 310 g/mol. The Hall–Kier alpha value is -1.69. The van der Waals surface area contributed by atoms with Crippen molar-refractivity contribution in [1.82, 2.24) is 10.1 Å². The highest BCUT2D eigenvalue weighted by molar-refractivity contribution is 9.10. The van der Waals surface area contributed by atoms with E-state index in [0.29, 0.717) is 5.82 Å². The Labute approximate surface area is 112 Å². The average molecular weight is 311 g/mol. The first-order valence-electron chi connectivity index (χ1n) is 5.39. The highest BCUT2D eigenvalue weighted by atomic mass is 79.9. The second kappa shape index (κ2) is 5.30. The number of halogens is 1. The van der Waals surface area contributed by atoms with Crippen LogP contribution in [0.1, 0.15) is 23.2 Å². The Balaban J connectivity index is 2.32. The summed E-state index contributed by atoms with van der Waals surface area (Å²) in [5, 5.41) is 3.78. The zero-order valence-electron chi connectivity index (χ0n) is 9.94. The van der Waals surface area contributed by atoms with Crippen molar-refractivity contribution in [2.24, 2.45) is 0 Å². The van der Waals surface area contributed by atoms with Crippen molar-refractivity contribution in [1.29, 1.82) is 0 Å². The van der Waals surface area contributed by atoms with Gasteiger partial charge in [-0.15, -0.1) is 0 Å². The van der Waals surface area contributed by atoms with Gasteiger partial charge in [0, 0.05) is 10.0 Å². The van der Waals surface area contributed by atoms with E-state index in [-0.39, 0.29) is 12.5 Å². The summed E-state index contributed by atoms with van der Waals surface area (Å²) in [6.07, 6.45) is 0. The van der Waals surface area contributed by atoms with Gasteiger partial charge in [-0.25, -0.2) is 4.79 Å². The number of hydrogen-bond donors (Lipinski definition) is 0. The lowest BCUT2D eigenvalue weighted by Gasteiger charge is -2.00. The van der Waals surface area contributed by atoms with Crippen LogP contribution in [0.5, 0.6) is 0 Å². The maximum Gasteiger partial charge on any atom is 0.397 e. The van der Waals surface area contributed by atoms with Crippen LogP contribution in [0.25, 0.3) is 11.4 Å². The summed E-state index contributed by atoms with van der Waals surface area (Å²) in [5.74, 6) is -0.358. The normalized spacial score (nSPS) is 10.4. The fourth-order valence-electron chi connectivity index (χ4n) is 1.49. The molecule has 2 rings (SSSR count). The zero-order valence-corrected chi connectivity index (χ0v) is 11.5. The lowest BCUT2D eigenvalue weighted by Crippen LogP contribution is -2.04. The van der Waals surface area contributed by atoms with E-state index in [1.165, 1.54) is 0 Å². The molecule has 0 aliphatic heterocycles. The summed E-state index contributed by atoms with van der Waals surface area (Å²) in [7, 11) is 0. The molecule has 0 aliphatic carbocycles. The molecule has 0 radical (unpaired) electrons. The number of hydrogen-bond acceptors (Lipinski definition) is 5. The van der Waals surface area contributed by atoms with Crippen LogP contribution in [0.15, 0.2) is 27.2 Å². The minimum atomic E-state index is -0.606. The quantitative estimate of drug-likeness (QED) is 0.815. The largest absolute Gasteiger partial charge is 0.459 e. The van der Waals surface area contributed by atoms with Crippen LogP contribution in [0.3, 0.4) is 0 Å². The summed E-state index contributed by atoms with van der Waals surface area (Å²) in [6, 6.07) is 5.68. The highest BCUT2D eigenvalue weighted by Gasteiger charge is 2.17. The third kappa shape index (κ3) is 2.59. The van der Waals surface area contributed by atoms with Crippen LogP contribution in [0, 0.1) is 6.92 Å². The van der Waals surface area contributed by atoms with Crippen LogP contribution in [0.4, 0.5) is 0 Å². The van der Waals surface area contributed by atoms with Gasteiger partial charge < -0.3 is 9.26 Å². The zero-order chi connectivity index (χ0) is 13.1. The van der Waals surface area contributed by atoms with Crippen molar-refractivity contribution >= 4 is 21.9 Å². The molecule has 0 N–H and O–H groups in total. The molecule has 1 aromatic carbocycles. The van der Waals surface area contributed by atoms with E-state index < -0.39 is 5.97 Å². The fourth-order valence-corrected chi connectivity index (χ4v) is 1.96. The summed E-state index contributed by atoms with van der Waals surface area (Å²) in [5.41, 5.74) is 1.80. The Bertz CT molecular complexity index is 580. The summed E-state index contributed by atoms with van der Waals surface area (Å²) in [6.45, 7) is 3.92. The van der Waals surface area contributed by atoms with Gasteiger partial charge in [-0.1, -0.05) is 21.1 Å². The van der Waals surface area contributed by atoms with Crippen LogP contribution in [0.2, 0.25) is 0 Å². The molecule has 6 heteroatoms. The number of ether oxygens (including phenoxy) is 1. The van der Waals surface area contributed by atoms with Gasteiger partial charge in [0.2, 0.25) is 5.82 Å². The average Bonchev–Trinajstić information content (AvgIpc) is 2.78. The van der Waals surface area contributed by atoms with Crippen LogP contribution >= 0.6 is 15.9 Å². The van der Waals surface area contributed by atoms with Crippen LogP contribution < -0.4 is 0 Å². The molecule has 0 unspecified atom stereocenters. The molecule has 1 heterocycles. The van der Waals surface area contributed by atoms with E-state index >= 15 is 0 Å². The molecule has 5 nitrogen and oxygen atoms in total. The lowest BCUT2D eigenvalue weighted by atomic mass is 10.1. The Kier molecular flexibility index (Phi) is 3.76. The number of aromatic nitrogens is 2. The molecular formula is C12H11BrN2O3. The van der Waals surface area contributed by atoms with E-state index in [1.54, 1.807) is 6.92 Å². The minimum Gasteiger partial charge on any atom is -0.459 e. The summed E-state index contributed by atoms with van der Waals surface area (Å²) in [4.78, 5) is 15.4. The first-order chi connectivity index (χ1) is 8.61. The van der Waals surface area contributed by atoms with Gasteiger partial charge in [-0.05, 0) is 37.6 Å². The van der Waals surface area contributed by atoms with Gasteiger partial charge in [0.1, 0.15) is 0 Å². The number of carbonyl (C=O) groups is 1. The van der Waals surface area contributed by atoms with Crippen molar-refractivity contribution < 1.29 is 14.1 Å². The molecule has 18 heavy (non-hydrogen) atoms. The van der Waals surface area contributed by atoms with Gasteiger partial charge in [-0.2, -0.15) is 4.98 Å². The molecule has 0 saturated heterocycles. The van der Waals surface area contributed by atoms with Gasteiger partial charge in [0.05, 0.1) is 6.61 Å². The molecule has 0 saturated carbocycles. The van der Waals surface area contributed by atoms with E-state index in [0.717, 1.165) is 15.6 Å². The van der Waals surface area contributed by atoms with Crippen molar-refractivity contribution in [2.75, 3.05) is 6.61 Å². The molecule has 2 aromatic rings. The summed E-state index contributed by atoms with van der Waals surface area (Å²) < 4.78 is 10.6. The number of benzene rings is 1. The number of esters is 1. The Morgan fingerprint density at radius 1 is 1.50 bits per heavy atom. The van der Waals surface area contributed by atoms with Crippen molar-refractivity contribution in [3.8, 4) is 11.4 Å². The predicted octanol–water partition coefficient (Wildman–Crippen LogP) is 2.98. The lowest BCUT2D eigenvalue weighted by molar-refractivity contribution is 0.0470. The van der Waals surface area contributed by atoms with E-state index in [9.17, 15) is 4.79 Å². The predicted molar refractivity (Wildman–Crippen MR) is 68.1 cm³/mol. The molecule has 1 aromatic heterocycles.